The highest BCUT2D eigenvalue weighted by atomic mass is 35.5. The van der Waals surface area contributed by atoms with Crippen LogP contribution in [-0.4, -0.2) is 37.4 Å². The molecule has 5 rings (SSSR count). The fourth-order valence-electron chi connectivity index (χ4n) is 4.85. The number of rotatable bonds is 4. The zero-order valence-electron chi connectivity index (χ0n) is 20.0. The monoisotopic (exact) mass is 483 g/mol. The molecule has 35 heavy (non-hydrogen) atoms. The van der Waals surface area contributed by atoms with Crippen LogP contribution in [-0.2, 0) is 4.74 Å². The van der Waals surface area contributed by atoms with Gasteiger partial charge in [0.15, 0.2) is 5.69 Å². The minimum Gasteiger partial charge on any atom is -0.495 e. The van der Waals surface area contributed by atoms with Crippen LogP contribution in [0.4, 0.5) is 11.4 Å². The average molecular weight is 484 g/mol. The molecule has 0 bridgehead atoms. The first-order valence-corrected chi connectivity index (χ1v) is 12.0. The zero-order valence-corrected chi connectivity index (χ0v) is 20.7. The van der Waals surface area contributed by atoms with E-state index in [2.05, 4.69) is 47.9 Å². The third-order valence-electron chi connectivity index (χ3n) is 6.36. The van der Waals surface area contributed by atoms with E-state index >= 15 is 0 Å². The lowest BCUT2D eigenvalue weighted by Gasteiger charge is -2.36. The van der Waals surface area contributed by atoms with Crippen molar-refractivity contribution >= 4 is 33.9 Å². The fourth-order valence-corrected chi connectivity index (χ4v) is 5.06. The summed E-state index contributed by atoms with van der Waals surface area (Å²) in [5.41, 5.74) is 6.36. The number of halogens is 1. The predicted molar refractivity (Wildman–Crippen MR) is 143 cm³/mol. The summed E-state index contributed by atoms with van der Waals surface area (Å²) in [5, 5.41) is 1.45. The molecular weight excluding hydrogens is 458 g/mol. The smallest absolute Gasteiger partial charge is 0.187 e. The van der Waals surface area contributed by atoms with Crippen LogP contribution in [0.5, 0.6) is 5.75 Å². The number of aromatic nitrogens is 1. The molecule has 3 aromatic carbocycles. The van der Waals surface area contributed by atoms with E-state index in [1.54, 1.807) is 19.2 Å². The standard InChI is InChI=1S/C29H26ClN3O2/c1-18-16-33(17-19(2)35-18)24-11-7-21(8-12-24)27-15-32-28-25(20-5-9-23(31-3)10-6-20)13-22(30)14-26(28)29(27)34-4/h5-15,18-19H,16-17H2,1-2,4H3/t18-,19+. The summed E-state index contributed by atoms with van der Waals surface area (Å²) in [5.74, 6) is 0.734. The summed E-state index contributed by atoms with van der Waals surface area (Å²) in [6.07, 6.45) is 2.28. The van der Waals surface area contributed by atoms with Gasteiger partial charge in [0.25, 0.3) is 0 Å². The van der Waals surface area contributed by atoms with E-state index in [1.807, 2.05) is 30.5 Å². The minimum absolute atomic E-state index is 0.208. The van der Waals surface area contributed by atoms with Crippen LogP contribution >= 0.6 is 11.6 Å². The number of hydrogen-bond donors (Lipinski definition) is 0. The van der Waals surface area contributed by atoms with Crippen molar-refractivity contribution in [1.29, 1.82) is 0 Å². The summed E-state index contributed by atoms with van der Waals surface area (Å²) in [7, 11) is 1.67. The summed E-state index contributed by atoms with van der Waals surface area (Å²) in [6.45, 7) is 13.2. The molecule has 1 aliphatic rings. The van der Waals surface area contributed by atoms with E-state index in [0.29, 0.717) is 10.7 Å². The maximum Gasteiger partial charge on any atom is 0.187 e. The molecule has 0 N–H and O–H groups in total. The molecule has 0 amide bonds. The summed E-state index contributed by atoms with van der Waals surface area (Å²) in [4.78, 5) is 10.7. The van der Waals surface area contributed by atoms with Crippen LogP contribution in [0.1, 0.15) is 13.8 Å². The first-order valence-electron chi connectivity index (χ1n) is 11.6. The second-order valence-electron chi connectivity index (χ2n) is 8.92. The van der Waals surface area contributed by atoms with Crippen LogP contribution in [0.3, 0.4) is 0 Å². The van der Waals surface area contributed by atoms with Crippen LogP contribution in [0.2, 0.25) is 5.02 Å². The number of morpholine rings is 1. The molecule has 1 aliphatic heterocycles. The Hall–Kier alpha value is -3.59. The van der Waals surface area contributed by atoms with E-state index in [1.165, 1.54) is 5.69 Å². The highest BCUT2D eigenvalue weighted by Gasteiger charge is 2.22. The number of benzene rings is 3. The normalized spacial score (nSPS) is 17.9. The van der Waals surface area contributed by atoms with Gasteiger partial charge in [-0.15, -0.1) is 0 Å². The van der Waals surface area contributed by atoms with E-state index in [9.17, 15) is 0 Å². The zero-order chi connectivity index (χ0) is 24.5. The van der Waals surface area contributed by atoms with E-state index < -0.39 is 0 Å². The molecule has 1 aromatic heterocycles. The maximum atomic E-state index is 7.20. The molecule has 2 heterocycles. The van der Waals surface area contributed by atoms with Crippen LogP contribution in [0, 0.1) is 6.57 Å². The van der Waals surface area contributed by atoms with E-state index in [-0.39, 0.29) is 12.2 Å². The lowest BCUT2D eigenvalue weighted by atomic mass is 9.98. The largest absolute Gasteiger partial charge is 0.495 e. The van der Waals surface area contributed by atoms with Gasteiger partial charge < -0.3 is 14.4 Å². The summed E-state index contributed by atoms with van der Waals surface area (Å²) < 4.78 is 11.8. The lowest BCUT2D eigenvalue weighted by molar-refractivity contribution is -0.00521. The number of fused-ring (bicyclic) bond motifs is 1. The van der Waals surface area contributed by atoms with Crippen molar-refractivity contribution < 1.29 is 9.47 Å². The third kappa shape index (κ3) is 4.55. The molecule has 0 spiro atoms. The van der Waals surface area contributed by atoms with Gasteiger partial charge in [0.2, 0.25) is 0 Å². The Bertz CT molecular complexity index is 1400. The Morgan fingerprint density at radius 3 is 2.23 bits per heavy atom. The number of hydrogen-bond acceptors (Lipinski definition) is 4. The molecule has 0 aliphatic carbocycles. The van der Waals surface area contributed by atoms with Crippen molar-refractivity contribution in [3.05, 3.63) is 83.3 Å². The number of methoxy groups -OCH3 is 1. The molecule has 5 nitrogen and oxygen atoms in total. The highest BCUT2D eigenvalue weighted by molar-refractivity contribution is 6.32. The molecule has 1 fully saturated rings. The van der Waals surface area contributed by atoms with Gasteiger partial charge in [0.05, 0.1) is 31.4 Å². The quantitative estimate of drug-likeness (QED) is 0.283. The van der Waals surface area contributed by atoms with Crippen molar-refractivity contribution in [2.45, 2.75) is 26.1 Å². The van der Waals surface area contributed by atoms with Crippen molar-refractivity contribution in [2.75, 3.05) is 25.1 Å². The van der Waals surface area contributed by atoms with Gasteiger partial charge in [-0.25, -0.2) is 4.85 Å². The topological polar surface area (TPSA) is 39.0 Å². The maximum absolute atomic E-state index is 7.20. The summed E-state index contributed by atoms with van der Waals surface area (Å²) >= 11 is 6.54. The average Bonchev–Trinajstić information content (AvgIpc) is 2.87. The Labute approximate surface area is 210 Å². The van der Waals surface area contributed by atoms with Crippen LogP contribution in [0.15, 0.2) is 66.9 Å². The van der Waals surface area contributed by atoms with Gasteiger partial charge in [0.1, 0.15) is 5.75 Å². The van der Waals surface area contributed by atoms with Gasteiger partial charge >= 0.3 is 0 Å². The fraction of sp³-hybridized carbons (Fsp3) is 0.241. The number of nitrogens with zero attached hydrogens (tertiary/aromatic N) is 3. The lowest BCUT2D eigenvalue weighted by Crippen LogP contribution is -2.45. The Balaban J connectivity index is 1.56. The number of ether oxygens (including phenoxy) is 2. The van der Waals surface area contributed by atoms with Gasteiger partial charge in [-0.2, -0.15) is 0 Å². The first-order chi connectivity index (χ1) is 17.0. The first kappa shape index (κ1) is 23.2. The Morgan fingerprint density at radius 1 is 0.971 bits per heavy atom. The Morgan fingerprint density at radius 2 is 1.60 bits per heavy atom. The van der Waals surface area contributed by atoms with Gasteiger partial charge in [-0.3, -0.25) is 4.98 Å². The second kappa shape index (κ2) is 9.58. The van der Waals surface area contributed by atoms with Crippen molar-refractivity contribution in [2.24, 2.45) is 0 Å². The predicted octanol–water partition coefficient (Wildman–Crippen LogP) is 7.40. The SMILES string of the molecule is [C-]#[N+]c1ccc(-c2cc(Cl)cc3c(OC)c(-c4ccc(N5C[C@@H](C)O[C@@H](C)C5)cc4)cnc23)cc1. The highest BCUT2D eigenvalue weighted by Crippen LogP contribution is 2.41. The van der Waals surface area contributed by atoms with Gasteiger partial charge in [-0.1, -0.05) is 48.0 Å². The third-order valence-corrected chi connectivity index (χ3v) is 6.58. The minimum atomic E-state index is 0.208. The number of anilines is 1. The van der Waals surface area contributed by atoms with Crippen molar-refractivity contribution in [1.82, 2.24) is 4.98 Å². The second-order valence-corrected chi connectivity index (χ2v) is 9.36. The van der Waals surface area contributed by atoms with E-state index in [4.69, 9.17) is 32.6 Å². The molecule has 0 saturated carbocycles. The molecule has 176 valence electrons. The van der Waals surface area contributed by atoms with Crippen molar-refractivity contribution in [3.63, 3.8) is 0 Å². The van der Waals surface area contributed by atoms with E-state index in [0.717, 1.165) is 52.0 Å². The Kier molecular flexibility index (Phi) is 6.34. The van der Waals surface area contributed by atoms with Crippen molar-refractivity contribution in [3.8, 4) is 28.0 Å². The molecular formula is C29H26ClN3O2. The molecule has 0 radical (unpaired) electrons. The molecule has 6 heteroatoms. The molecule has 1 saturated heterocycles. The number of pyridine rings is 1. The molecule has 2 atom stereocenters. The van der Waals surface area contributed by atoms with Gasteiger partial charge in [0, 0.05) is 46.5 Å². The molecule has 4 aromatic rings. The van der Waals surface area contributed by atoms with Crippen LogP contribution < -0.4 is 9.64 Å². The van der Waals surface area contributed by atoms with Crippen LogP contribution in [0.25, 0.3) is 38.0 Å². The summed E-state index contributed by atoms with van der Waals surface area (Å²) in [6, 6.07) is 19.8. The van der Waals surface area contributed by atoms with Gasteiger partial charge in [-0.05, 0) is 49.2 Å². The molecule has 0 unspecified atom stereocenters.